The summed E-state index contributed by atoms with van der Waals surface area (Å²) in [5, 5.41) is 25.1. The van der Waals surface area contributed by atoms with E-state index < -0.39 is 6.10 Å². The second-order valence-electron chi connectivity index (χ2n) is 5.20. The Labute approximate surface area is 120 Å². The predicted octanol–water partition coefficient (Wildman–Crippen LogP) is 1.28. The van der Waals surface area contributed by atoms with Gasteiger partial charge in [-0.2, -0.15) is 0 Å². The van der Waals surface area contributed by atoms with Gasteiger partial charge in [-0.25, -0.2) is 0 Å². The molecule has 0 aliphatic heterocycles. The van der Waals surface area contributed by atoms with E-state index >= 15 is 0 Å². The van der Waals surface area contributed by atoms with E-state index in [-0.39, 0.29) is 24.5 Å². The molecule has 0 saturated heterocycles. The van der Waals surface area contributed by atoms with E-state index in [0.29, 0.717) is 12.2 Å². The Morgan fingerprint density at radius 1 is 1.25 bits per heavy atom. The average molecular weight is 280 g/mol. The lowest BCUT2D eigenvalue weighted by atomic mass is 9.93. The van der Waals surface area contributed by atoms with Crippen molar-refractivity contribution in [1.82, 2.24) is 5.32 Å². The molecule has 2 unspecified atom stereocenters. The molecule has 0 radical (unpaired) electrons. The first-order valence-electron chi connectivity index (χ1n) is 6.85. The molecule has 1 amide bonds. The molecule has 4 N–H and O–H groups in total. The lowest BCUT2D eigenvalue weighted by Gasteiger charge is -2.27. The Morgan fingerprint density at radius 2 is 1.85 bits per heavy atom. The number of carbonyl (C=O) groups is 1. The molecule has 112 valence electrons. The third-order valence-electron chi connectivity index (χ3n) is 3.12. The van der Waals surface area contributed by atoms with Crippen molar-refractivity contribution in [2.24, 2.45) is 5.92 Å². The van der Waals surface area contributed by atoms with Gasteiger partial charge in [-0.05, 0) is 23.6 Å². The van der Waals surface area contributed by atoms with Crippen molar-refractivity contribution >= 4 is 11.6 Å². The van der Waals surface area contributed by atoms with Gasteiger partial charge in [-0.15, -0.1) is 0 Å². The van der Waals surface area contributed by atoms with Gasteiger partial charge in [-0.3, -0.25) is 4.79 Å². The minimum atomic E-state index is -0.659. The molecule has 0 heterocycles. The smallest absolute Gasteiger partial charge is 0.221 e. The number of amides is 1. The summed E-state index contributed by atoms with van der Waals surface area (Å²) in [6.07, 6.45) is -0.659. The van der Waals surface area contributed by atoms with Crippen LogP contribution in [-0.4, -0.2) is 35.3 Å². The fourth-order valence-electron chi connectivity index (χ4n) is 2.12. The van der Waals surface area contributed by atoms with Crippen molar-refractivity contribution in [2.75, 3.05) is 18.5 Å². The number of aliphatic hydroxyl groups is 2. The highest BCUT2D eigenvalue weighted by Crippen LogP contribution is 2.23. The van der Waals surface area contributed by atoms with Crippen LogP contribution >= 0.6 is 0 Å². The van der Waals surface area contributed by atoms with Gasteiger partial charge in [-0.1, -0.05) is 26.0 Å². The fraction of sp³-hybridized carbons (Fsp3) is 0.533. The Bertz CT molecular complexity index is 418. The molecule has 0 saturated carbocycles. The Morgan fingerprint density at radius 3 is 2.30 bits per heavy atom. The molecule has 1 aromatic carbocycles. The van der Waals surface area contributed by atoms with Crippen molar-refractivity contribution in [2.45, 2.75) is 32.9 Å². The lowest BCUT2D eigenvalue weighted by Crippen LogP contribution is -2.40. The van der Waals surface area contributed by atoms with Crippen molar-refractivity contribution in [3.8, 4) is 0 Å². The maximum atomic E-state index is 11.0. The Kier molecular flexibility index (Phi) is 6.64. The second-order valence-corrected chi connectivity index (χ2v) is 5.20. The number of anilines is 1. The number of hydrogen-bond donors (Lipinski definition) is 4. The van der Waals surface area contributed by atoms with Gasteiger partial charge >= 0.3 is 0 Å². The number of carbonyl (C=O) groups excluding carboxylic acids is 1. The van der Waals surface area contributed by atoms with E-state index in [2.05, 4.69) is 10.6 Å². The molecule has 0 aromatic heterocycles. The number of benzene rings is 1. The van der Waals surface area contributed by atoms with Crippen LogP contribution in [0.25, 0.3) is 0 Å². The van der Waals surface area contributed by atoms with Crippen LogP contribution in [0, 0.1) is 5.92 Å². The zero-order chi connectivity index (χ0) is 15.1. The van der Waals surface area contributed by atoms with Gasteiger partial charge < -0.3 is 20.8 Å². The number of rotatable bonds is 7. The maximum Gasteiger partial charge on any atom is 0.221 e. The van der Waals surface area contributed by atoms with Crippen LogP contribution < -0.4 is 10.6 Å². The van der Waals surface area contributed by atoms with Crippen LogP contribution in [0.15, 0.2) is 24.3 Å². The van der Waals surface area contributed by atoms with E-state index in [1.165, 1.54) is 6.92 Å². The third-order valence-corrected chi connectivity index (χ3v) is 3.12. The van der Waals surface area contributed by atoms with Gasteiger partial charge in [0.1, 0.15) is 0 Å². The van der Waals surface area contributed by atoms with Crippen LogP contribution in [0.2, 0.25) is 0 Å². The molecular formula is C15H24N2O3. The Hall–Kier alpha value is -1.43. The first-order valence-corrected chi connectivity index (χ1v) is 6.85. The summed E-state index contributed by atoms with van der Waals surface area (Å²) in [6, 6.07) is 7.00. The topological polar surface area (TPSA) is 81.6 Å². The summed E-state index contributed by atoms with van der Waals surface area (Å²) in [5.41, 5.74) is 1.49. The highest BCUT2D eigenvalue weighted by molar-refractivity contribution is 5.88. The quantitative estimate of drug-likeness (QED) is 0.606. The van der Waals surface area contributed by atoms with Gasteiger partial charge in [0, 0.05) is 25.2 Å². The van der Waals surface area contributed by atoms with E-state index in [0.717, 1.165) is 5.56 Å². The van der Waals surface area contributed by atoms with Gasteiger partial charge in [0.05, 0.1) is 12.7 Å². The van der Waals surface area contributed by atoms with Crippen molar-refractivity contribution in [3.05, 3.63) is 29.8 Å². The molecule has 1 rings (SSSR count). The lowest BCUT2D eigenvalue weighted by molar-refractivity contribution is -0.114. The van der Waals surface area contributed by atoms with Crippen molar-refractivity contribution in [3.63, 3.8) is 0 Å². The first kappa shape index (κ1) is 16.6. The summed E-state index contributed by atoms with van der Waals surface area (Å²) in [4.78, 5) is 11.0. The molecule has 0 spiro atoms. The van der Waals surface area contributed by atoms with E-state index in [9.17, 15) is 9.90 Å². The molecule has 5 nitrogen and oxygen atoms in total. The number of aliphatic hydroxyl groups excluding tert-OH is 2. The maximum absolute atomic E-state index is 11.0. The molecular weight excluding hydrogens is 256 g/mol. The van der Waals surface area contributed by atoms with E-state index in [4.69, 9.17) is 5.11 Å². The molecule has 2 atom stereocenters. The molecule has 0 aliphatic rings. The van der Waals surface area contributed by atoms with E-state index in [1.807, 2.05) is 13.8 Å². The van der Waals surface area contributed by atoms with Gasteiger partial charge in [0.25, 0.3) is 0 Å². The molecule has 0 bridgehead atoms. The summed E-state index contributed by atoms with van der Waals surface area (Å²) in [5.74, 6) is 0.106. The largest absolute Gasteiger partial charge is 0.395 e. The van der Waals surface area contributed by atoms with Crippen LogP contribution in [0.5, 0.6) is 0 Å². The fourth-order valence-corrected chi connectivity index (χ4v) is 2.12. The molecule has 5 heteroatoms. The zero-order valence-corrected chi connectivity index (χ0v) is 12.3. The zero-order valence-electron chi connectivity index (χ0n) is 12.3. The summed E-state index contributed by atoms with van der Waals surface area (Å²) in [7, 11) is 0. The third kappa shape index (κ3) is 4.92. The summed E-state index contributed by atoms with van der Waals surface area (Å²) < 4.78 is 0. The first-order chi connectivity index (χ1) is 9.45. The number of hydrogen-bond acceptors (Lipinski definition) is 4. The van der Waals surface area contributed by atoms with Crippen LogP contribution in [0.3, 0.4) is 0 Å². The number of nitrogens with one attached hydrogen (secondary N) is 2. The summed E-state index contributed by atoms with van der Waals surface area (Å²) >= 11 is 0. The molecule has 1 aromatic rings. The SMILES string of the molecule is CC(=O)Nc1ccc(C(O)C(NCCO)C(C)C)cc1. The van der Waals surface area contributed by atoms with Crippen LogP contribution in [-0.2, 0) is 4.79 Å². The highest BCUT2D eigenvalue weighted by atomic mass is 16.3. The van der Waals surface area contributed by atoms with Crippen molar-refractivity contribution in [1.29, 1.82) is 0 Å². The minimum Gasteiger partial charge on any atom is -0.395 e. The highest BCUT2D eigenvalue weighted by Gasteiger charge is 2.23. The van der Waals surface area contributed by atoms with Crippen LogP contribution in [0.4, 0.5) is 5.69 Å². The summed E-state index contributed by atoms with van der Waals surface area (Å²) in [6.45, 7) is 5.98. The predicted molar refractivity (Wildman–Crippen MR) is 79.4 cm³/mol. The molecule has 20 heavy (non-hydrogen) atoms. The standard InChI is InChI=1S/C15H24N2O3/c1-10(2)14(16-8-9-18)15(20)12-4-6-13(7-5-12)17-11(3)19/h4-7,10,14-16,18,20H,8-9H2,1-3H3,(H,17,19). The average Bonchev–Trinajstić information content (AvgIpc) is 2.38. The molecule has 0 fully saturated rings. The van der Waals surface area contributed by atoms with E-state index in [1.54, 1.807) is 24.3 Å². The van der Waals surface area contributed by atoms with Gasteiger partial charge in [0.15, 0.2) is 0 Å². The monoisotopic (exact) mass is 280 g/mol. The van der Waals surface area contributed by atoms with Crippen LogP contribution in [0.1, 0.15) is 32.4 Å². The Balaban J connectivity index is 2.78. The normalized spacial score (nSPS) is 14.1. The van der Waals surface area contributed by atoms with Gasteiger partial charge in [0.2, 0.25) is 5.91 Å². The second kappa shape index (κ2) is 7.99. The minimum absolute atomic E-state index is 0.0391. The van der Waals surface area contributed by atoms with Crippen molar-refractivity contribution < 1.29 is 15.0 Å². The molecule has 0 aliphatic carbocycles.